The summed E-state index contributed by atoms with van der Waals surface area (Å²) >= 11 is 0. The first kappa shape index (κ1) is 39.7. The first-order chi connectivity index (χ1) is 20.8. The van der Waals surface area contributed by atoms with Crippen LogP contribution in [0.3, 0.4) is 0 Å². The standard InChI is InChI=1S/C42H70N2/c1-15-19-21-23-25-35(33(7)41(9,10)17-3)29-31(5)37-27-28-38(40(44-14)39(37)43-13)32(6)30-36(26-24-22-20-16-2)34(8)42(11,12)18-4/h27-30,44H,13,15-26H2,1-12,14H3/b31-29+,32-30+,35-33?,36-34?. The molecule has 0 heterocycles. The van der Waals surface area contributed by atoms with Gasteiger partial charge in [0.1, 0.15) is 0 Å². The monoisotopic (exact) mass is 603 g/mol. The van der Waals surface area contributed by atoms with Gasteiger partial charge in [0.25, 0.3) is 0 Å². The summed E-state index contributed by atoms with van der Waals surface area (Å²) in [6.45, 7) is 32.0. The summed E-state index contributed by atoms with van der Waals surface area (Å²) in [6, 6.07) is 4.56. The predicted molar refractivity (Wildman–Crippen MR) is 204 cm³/mol. The molecule has 0 bridgehead atoms. The number of nitrogens with zero attached hydrogens (tertiary/aromatic N) is 1. The third kappa shape index (κ3) is 11.2. The number of benzene rings is 1. The average Bonchev–Trinajstić information content (AvgIpc) is 3.01. The van der Waals surface area contributed by atoms with Crippen LogP contribution in [0.4, 0.5) is 11.4 Å². The fraction of sp³-hybridized carbons (Fsp3) is 0.643. The third-order valence-electron chi connectivity index (χ3n) is 10.6. The van der Waals surface area contributed by atoms with Gasteiger partial charge < -0.3 is 5.32 Å². The van der Waals surface area contributed by atoms with E-state index in [2.05, 4.69) is 124 Å². The fourth-order valence-corrected chi connectivity index (χ4v) is 5.95. The zero-order valence-electron chi connectivity index (χ0n) is 31.4. The molecule has 2 nitrogen and oxygen atoms in total. The lowest BCUT2D eigenvalue weighted by Crippen LogP contribution is -2.13. The number of allylic oxidation sites excluding steroid dienone is 8. The van der Waals surface area contributed by atoms with Crippen LogP contribution < -0.4 is 5.32 Å². The van der Waals surface area contributed by atoms with Crippen molar-refractivity contribution in [3.8, 4) is 0 Å². The predicted octanol–water partition coefficient (Wildman–Crippen LogP) is 14.3. The zero-order chi connectivity index (χ0) is 33.5. The number of hydrogen-bond donors (Lipinski definition) is 1. The van der Waals surface area contributed by atoms with Gasteiger partial charge >= 0.3 is 0 Å². The van der Waals surface area contributed by atoms with Gasteiger partial charge in [-0.15, -0.1) is 0 Å². The molecule has 248 valence electrons. The van der Waals surface area contributed by atoms with E-state index in [1.165, 1.54) is 90.4 Å². The molecule has 1 aromatic rings. The largest absolute Gasteiger partial charge is 0.386 e. The van der Waals surface area contributed by atoms with Gasteiger partial charge in [0.2, 0.25) is 0 Å². The number of nitrogens with one attached hydrogen (secondary N) is 1. The Bertz CT molecular complexity index is 1180. The Labute approximate surface area is 274 Å². The molecular formula is C42H70N2. The van der Waals surface area contributed by atoms with Crippen LogP contribution in [0.2, 0.25) is 0 Å². The number of anilines is 1. The molecule has 0 spiro atoms. The highest BCUT2D eigenvalue weighted by Gasteiger charge is 2.22. The topological polar surface area (TPSA) is 24.4 Å². The van der Waals surface area contributed by atoms with Gasteiger partial charge in [0, 0.05) is 18.2 Å². The molecule has 0 saturated carbocycles. The SMILES string of the molecule is C=Nc1c(/C(C)=C/C(CCCCCC)=C(C)C(C)(C)CC)ccc(/C(C)=C/C(CCCCCC)=C(C)C(C)(C)CC)c1NC. The lowest BCUT2D eigenvalue weighted by Gasteiger charge is -2.27. The van der Waals surface area contributed by atoms with Gasteiger partial charge in [-0.3, -0.25) is 4.99 Å². The van der Waals surface area contributed by atoms with E-state index >= 15 is 0 Å². The van der Waals surface area contributed by atoms with Crippen molar-refractivity contribution in [1.29, 1.82) is 0 Å². The average molecular weight is 603 g/mol. The molecule has 0 aliphatic rings. The van der Waals surface area contributed by atoms with E-state index in [0.717, 1.165) is 42.6 Å². The van der Waals surface area contributed by atoms with E-state index in [1.54, 1.807) is 0 Å². The van der Waals surface area contributed by atoms with E-state index < -0.39 is 0 Å². The summed E-state index contributed by atoms with van der Waals surface area (Å²) in [5, 5.41) is 3.52. The van der Waals surface area contributed by atoms with Crippen molar-refractivity contribution in [3.05, 3.63) is 57.7 Å². The highest BCUT2D eigenvalue weighted by Crippen LogP contribution is 2.42. The fourth-order valence-electron chi connectivity index (χ4n) is 5.95. The molecule has 0 saturated heterocycles. The van der Waals surface area contributed by atoms with Crippen molar-refractivity contribution in [2.24, 2.45) is 15.8 Å². The van der Waals surface area contributed by atoms with Crippen LogP contribution in [0.5, 0.6) is 0 Å². The first-order valence-electron chi connectivity index (χ1n) is 17.8. The number of rotatable bonds is 20. The first-order valence-corrected chi connectivity index (χ1v) is 17.8. The molecule has 1 aromatic carbocycles. The van der Waals surface area contributed by atoms with Gasteiger partial charge in [-0.25, -0.2) is 0 Å². The molecule has 0 unspecified atom stereocenters. The summed E-state index contributed by atoms with van der Waals surface area (Å²) in [7, 11) is 2.02. The highest BCUT2D eigenvalue weighted by atomic mass is 14.9. The zero-order valence-corrected chi connectivity index (χ0v) is 31.4. The Balaban J connectivity index is 3.74. The van der Waals surface area contributed by atoms with Gasteiger partial charge in [-0.05, 0) is 106 Å². The molecule has 1 rings (SSSR count). The Morgan fingerprint density at radius 2 is 1.09 bits per heavy atom. The van der Waals surface area contributed by atoms with Crippen LogP contribution in [-0.4, -0.2) is 13.8 Å². The summed E-state index contributed by atoms with van der Waals surface area (Å²) < 4.78 is 0. The normalized spacial score (nSPS) is 14.4. The van der Waals surface area contributed by atoms with Crippen molar-refractivity contribution < 1.29 is 0 Å². The molecule has 0 amide bonds. The maximum Gasteiger partial charge on any atom is 0.0934 e. The Kier molecular flexibility index (Phi) is 17.3. The van der Waals surface area contributed by atoms with Crippen LogP contribution >= 0.6 is 0 Å². The smallest absolute Gasteiger partial charge is 0.0934 e. The van der Waals surface area contributed by atoms with Gasteiger partial charge in [0.05, 0.1) is 11.4 Å². The van der Waals surface area contributed by atoms with Crippen LogP contribution in [-0.2, 0) is 0 Å². The maximum atomic E-state index is 4.64. The van der Waals surface area contributed by atoms with Crippen LogP contribution in [0.1, 0.15) is 171 Å². The highest BCUT2D eigenvalue weighted by molar-refractivity contribution is 5.91. The molecular weight excluding hydrogens is 532 g/mol. The summed E-state index contributed by atoms with van der Waals surface area (Å²) in [5.74, 6) is 0. The number of hydrogen-bond acceptors (Lipinski definition) is 2. The molecule has 0 atom stereocenters. The second-order valence-corrected chi connectivity index (χ2v) is 14.3. The van der Waals surface area contributed by atoms with Crippen molar-refractivity contribution in [3.63, 3.8) is 0 Å². The Morgan fingerprint density at radius 1 is 0.682 bits per heavy atom. The van der Waals surface area contributed by atoms with Crippen LogP contribution in [0, 0.1) is 10.8 Å². The molecule has 1 N–H and O–H groups in total. The van der Waals surface area contributed by atoms with Crippen molar-refractivity contribution in [2.45, 2.75) is 160 Å². The minimum Gasteiger partial charge on any atom is -0.386 e. The molecule has 0 aliphatic heterocycles. The van der Waals surface area contributed by atoms with E-state index in [4.69, 9.17) is 0 Å². The second-order valence-electron chi connectivity index (χ2n) is 14.3. The number of aliphatic imine (C=N–C) groups is 1. The van der Waals surface area contributed by atoms with Gasteiger partial charge in [-0.1, -0.05) is 129 Å². The molecule has 44 heavy (non-hydrogen) atoms. The van der Waals surface area contributed by atoms with Crippen LogP contribution in [0.25, 0.3) is 11.1 Å². The van der Waals surface area contributed by atoms with E-state index in [1.807, 2.05) is 7.05 Å². The minimum atomic E-state index is 0.185. The summed E-state index contributed by atoms with van der Waals surface area (Å²) in [6.07, 6.45) is 19.7. The van der Waals surface area contributed by atoms with Crippen molar-refractivity contribution in [2.75, 3.05) is 12.4 Å². The lowest BCUT2D eigenvalue weighted by molar-refractivity contribution is 0.424. The van der Waals surface area contributed by atoms with Crippen LogP contribution in [0.15, 0.2) is 51.6 Å². The van der Waals surface area contributed by atoms with Gasteiger partial charge in [0.15, 0.2) is 0 Å². The second kappa shape index (κ2) is 19.2. The maximum absolute atomic E-state index is 4.64. The van der Waals surface area contributed by atoms with Crippen molar-refractivity contribution >= 4 is 29.2 Å². The molecule has 2 heteroatoms. The Hall–Kier alpha value is -2.35. The van der Waals surface area contributed by atoms with E-state index in [9.17, 15) is 0 Å². The molecule has 0 aromatic heterocycles. The molecule has 0 aliphatic carbocycles. The Morgan fingerprint density at radius 3 is 1.45 bits per heavy atom. The van der Waals surface area contributed by atoms with E-state index in [0.29, 0.717) is 0 Å². The van der Waals surface area contributed by atoms with Crippen molar-refractivity contribution in [1.82, 2.24) is 0 Å². The van der Waals surface area contributed by atoms with E-state index in [-0.39, 0.29) is 10.8 Å². The minimum absolute atomic E-state index is 0.185. The lowest BCUT2D eigenvalue weighted by atomic mass is 9.78. The quantitative estimate of drug-likeness (QED) is 0.0896. The third-order valence-corrected chi connectivity index (χ3v) is 10.6. The summed E-state index contributed by atoms with van der Waals surface area (Å²) in [4.78, 5) is 4.64. The molecule has 0 radical (unpaired) electrons. The summed E-state index contributed by atoms with van der Waals surface area (Å²) in [5.41, 5.74) is 13.3. The van der Waals surface area contributed by atoms with Gasteiger partial charge in [-0.2, -0.15) is 0 Å². The molecule has 0 fully saturated rings. The number of unbranched alkanes of at least 4 members (excludes halogenated alkanes) is 6.